The maximum Gasteiger partial charge on any atom is 0.272 e. The number of hydrogen-bond donors (Lipinski definition) is 0. The molecule has 0 aliphatic heterocycles. The first-order valence-electron chi connectivity index (χ1n) is 7.78. The summed E-state index contributed by atoms with van der Waals surface area (Å²) < 4.78 is 3.11. The minimum atomic E-state index is -0.263. The number of hydrogen-bond acceptors (Lipinski definition) is 2. The summed E-state index contributed by atoms with van der Waals surface area (Å²) in [6, 6.07) is 15.5. The molecule has 5 heteroatoms. The van der Waals surface area contributed by atoms with E-state index in [1.807, 2.05) is 48.5 Å². The lowest BCUT2D eigenvalue weighted by Crippen LogP contribution is -2.16. The third-order valence-corrected chi connectivity index (χ3v) is 4.79. The quantitative estimate of drug-likeness (QED) is 0.612. The Labute approximate surface area is 149 Å². The van der Waals surface area contributed by atoms with Gasteiger partial charge in [0.1, 0.15) is 0 Å². The molecule has 122 valence electrons. The van der Waals surface area contributed by atoms with Crippen LogP contribution in [0.4, 0.5) is 0 Å². The van der Waals surface area contributed by atoms with Crippen molar-refractivity contribution in [3.05, 3.63) is 70.0 Å². The van der Waals surface area contributed by atoms with Crippen molar-refractivity contribution in [2.45, 2.75) is 19.9 Å². The van der Waals surface area contributed by atoms with Gasteiger partial charge in [0.05, 0.1) is 10.2 Å². The molecule has 24 heavy (non-hydrogen) atoms. The van der Waals surface area contributed by atoms with Crippen LogP contribution < -0.4 is 4.80 Å². The summed E-state index contributed by atoms with van der Waals surface area (Å²) in [7, 11) is 0. The van der Waals surface area contributed by atoms with E-state index < -0.39 is 0 Å². The maximum atomic E-state index is 12.2. The number of rotatable bonds is 4. The lowest BCUT2D eigenvalue weighted by Gasteiger charge is -2.02. The molecule has 1 heterocycles. The largest absolute Gasteiger partial charge is 0.316 e. The molecule has 0 unspecified atom stereocenters. The van der Waals surface area contributed by atoms with Crippen LogP contribution in [0.3, 0.4) is 0 Å². The van der Waals surface area contributed by atoms with Crippen molar-refractivity contribution in [1.29, 1.82) is 0 Å². The van der Waals surface area contributed by atoms with E-state index in [9.17, 15) is 4.79 Å². The first-order valence-corrected chi connectivity index (χ1v) is 8.97. The zero-order chi connectivity index (χ0) is 16.9. The molecule has 3 aromatic rings. The fraction of sp³-hybridized carbons (Fsp3) is 0.158. The molecule has 0 aliphatic carbocycles. The van der Waals surface area contributed by atoms with Gasteiger partial charge in [0, 0.05) is 17.6 Å². The van der Waals surface area contributed by atoms with E-state index in [0.29, 0.717) is 9.82 Å². The van der Waals surface area contributed by atoms with Crippen LogP contribution >= 0.6 is 22.9 Å². The number of aromatic nitrogens is 1. The van der Waals surface area contributed by atoms with Crippen molar-refractivity contribution < 1.29 is 4.79 Å². The summed E-state index contributed by atoms with van der Waals surface area (Å²) in [5.74, 6) is -0.263. The van der Waals surface area contributed by atoms with E-state index in [-0.39, 0.29) is 5.91 Å². The molecule has 2 aromatic carbocycles. The number of aryl methyl sites for hydroxylation is 1. The van der Waals surface area contributed by atoms with Crippen LogP contribution in [0.1, 0.15) is 18.9 Å². The van der Waals surface area contributed by atoms with Crippen LogP contribution in [-0.2, 0) is 11.3 Å². The molecule has 1 aromatic heterocycles. The van der Waals surface area contributed by atoms with Crippen LogP contribution in [0, 0.1) is 0 Å². The van der Waals surface area contributed by atoms with E-state index in [1.54, 1.807) is 6.08 Å². The third kappa shape index (κ3) is 3.83. The molecule has 1 amide bonds. The molecule has 0 bridgehead atoms. The minimum Gasteiger partial charge on any atom is -0.316 e. The third-order valence-electron chi connectivity index (χ3n) is 3.52. The van der Waals surface area contributed by atoms with Gasteiger partial charge in [0.25, 0.3) is 5.91 Å². The normalized spacial score (nSPS) is 12.3. The first kappa shape index (κ1) is 16.7. The Bertz CT molecular complexity index is 954. The molecule has 0 saturated heterocycles. The Hall–Kier alpha value is -2.17. The molecule has 0 atom stereocenters. The van der Waals surface area contributed by atoms with Gasteiger partial charge in [-0.05, 0) is 36.3 Å². The van der Waals surface area contributed by atoms with Crippen LogP contribution in [0.2, 0.25) is 5.02 Å². The van der Waals surface area contributed by atoms with Crippen LogP contribution in [0.5, 0.6) is 0 Å². The van der Waals surface area contributed by atoms with Gasteiger partial charge in [-0.15, -0.1) is 0 Å². The second kappa shape index (κ2) is 7.60. The van der Waals surface area contributed by atoms with Gasteiger partial charge in [-0.1, -0.05) is 60.2 Å². The molecule has 3 rings (SSSR count). The van der Waals surface area contributed by atoms with Gasteiger partial charge in [-0.3, -0.25) is 4.79 Å². The van der Waals surface area contributed by atoms with Gasteiger partial charge in [0.2, 0.25) is 0 Å². The number of benzene rings is 2. The molecule has 3 nitrogen and oxygen atoms in total. The molecule has 0 aliphatic rings. The van der Waals surface area contributed by atoms with Crippen molar-refractivity contribution in [3.63, 3.8) is 0 Å². The fourth-order valence-electron chi connectivity index (χ4n) is 2.44. The Morgan fingerprint density at radius 1 is 1.25 bits per heavy atom. The van der Waals surface area contributed by atoms with Crippen molar-refractivity contribution in [1.82, 2.24) is 4.57 Å². The zero-order valence-corrected chi connectivity index (χ0v) is 14.8. The highest BCUT2D eigenvalue weighted by Gasteiger charge is 2.07. The summed E-state index contributed by atoms with van der Waals surface area (Å²) in [6.07, 6.45) is 4.25. The molecule has 0 saturated carbocycles. The monoisotopic (exact) mass is 356 g/mol. The molecule has 0 radical (unpaired) electrons. The zero-order valence-electron chi connectivity index (χ0n) is 13.3. The standard InChI is InChI=1S/C19H17ClN2OS/c1-2-12-22-16-10-9-15(20)13-17(16)24-19(22)21-18(23)11-8-14-6-4-3-5-7-14/h3-11,13H,2,12H2,1H3/b11-8+,21-19?. The van der Waals surface area contributed by atoms with E-state index in [1.165, 1.54) is 17.4 Å². The SMILES string of the molecule is CCCn1c(=NC(=O)/C=C/c2ccccc2)sc2cc(Cl)ccc21. The predicted molar refractivity (Wildman–Crippen MR) is 101 cm³/mol. The van der Waals surface area contributed by atoms with Crippen LogP contribution in [-0.4, -0.2) is 10.5 Å². The Balaban J connectivity index is 1.98. The van der Waals surface area contributed by atoms with Gasteiger partial charge in [-0.25, -0.2) is 0 Å². The second-order valence-corrected chi connectivity index (χ2v) is 6.79. The predicted octanol–water partition coefficient (Wildman–Crippen LogP) is 4.91. The van der Waals surface area contributed by atoms with Crippen molar-refractivity contribution in [2.75, 3.05) is 0 Å². The smallest absolute Gasteiger partial charge is 0.272 e. The summed E-state index contributed by atoms with van der Waals surface area (Å²) in [5.41, 5.74) is 2.04. The van der Waals surface area contributed by atoms with E-state index in [4.69, 9.17) is 11.6 Å². The maximum absolute atomic E-state index is 12.2. The highest BCUT2D eigenvalue weighted by Crippen LogP contribution is 2.22. The number of thiazole rings is 1. The lowest BCUT2D eigenvalue weighted by atomic mass is 10.2. The summed E-state index contributed by atoms with van der Waals surface area (Å²) >= 11 is 7.55. The first-order chi connectivity index (χ1) is 11.7. The Morgan fingerprint density at radius 2 is 2.04 bits per heavy atom. The number of fused-ring (bicyclic) bond motifs is 1. The van der Waals surface area contributed by atoms with Crippen molar-refractivity contribution in [2.24, 2.45) is 4.99 Å². The topological polar surface area (TPSA) is 34.4 Å². The van der Waals surface area contributed by atoms with Gasteiger partial charge >= 0.3 is 0 Å². The van der Waals surface area contributed by atoms with Gasteiger partial charge in [0.15, 0.2) is 4.80 Å². The Morgan fingerprint density at radius 3 is 2.79 bits per heavy atom. The molecular formula is C19H17ClN2OS. The summed E-state index contributed by atoms with van der Waals surface area (Å²) in [5, 5.41) is 0.689. The van der Waals surface area contributed by atoms with Gasteiger partial charge in [-0.2, -0.15) is 4.99 Å². The van der Waals surface area contributed by atoms with Crippen molar-refractivity contribution in [3.8, 4) is 0 Å². The summed E-state index contributed by atoms with van der Waals surface area (Å²) in [4.78, 5) is 17.2. The average Bonchev–Trinajstić information content (AvgIpc) is 2.91. The van der Waals surface area contributed by atoms with Crippen molar-refractivity contribution >= 4 is 45.1 Å². The molecule has 0 fully saturated rings. The lowest BCUT2D eigenvalue weighted by molar-refractivity contribution is -0.113. The minimum absolute atomic E-state index is 0.263. The number of amides is 1. The molecule has 0 spiro atoms. The van der Waals surface area contributed by atoms with E-state index >= 15 is 0 Å². The Kier molecular flexibility index (Phi) is 5.28. The number of carbonyl (C=O) groups excluding carboxylic acids is 1. The van der Waals surface area contributed by atoms with Crippen LogP contribution in [0.25, 0.3) is 16.3 Å². The number of carbonyl (C=O) groups is 1. The average molecular weight is 357 g/mol. The van der Waals surface area contributed by atoms with Gasteiger partial charge < -0.3 is 4.57 Å². The fourth-order valence-corrected chi connectivity index (χ4v) is 3.77. The number of halogens is 1. The van der Waals surface area contributed by atoms with Crippen LogP contribution in [0.15, 0.2) is 59.6 Å². The van der Waals surface area contributed by atoms with E-state index in [2.05, 4.69) is 16.5 Å². The highest BCUT2D eigenvalue weighted by atomic mass is 35.5. The second-order valence-electron chi connectivity index (χ2n) is 5.34. The molecular weight excluding hydrogens is 340 g/mol. The summed E-state index contributed by atoms with van der Waals surface area (Å²) in [6.45, 7) is 2.92. The number of nitrogens with zero attached hydrogens (tertiary/aromatic N) is 2. The van der Waals surface area contributed by atoms with E-state index in [0.717, 1.165) is 28.7 Å². The highest BCUT2D eigenvalue weighted by molar-refractivity contribution is 7.16. The molecule has 0 N–H and O–H groups in total.